The lowest BCUT2D eigenvalue weighted by molar-refractivity contribution is 0.274. The first-order chi connectivity index (χ1) is 11.0. The topological polar surface area (TPSA) is 29.5 Å². The molecule has 0 bridgehead atoms. The summed E-state index contributed by atoms with van der Waals surface area (Å²) < 4.78 is 6.03. The quantitative estimate of drug-likeness (QED) is 0.795. The second kappa shape index (κ2) is 5.92. The summed E-state index contributed by atoms with van der Waals surface area (Å²) in [4.78, 5) is 0. The van der Waals surface area contributed by atoms with Gasteiger partial charge in [0.15, 0.2) is 0 Å². The summed E-state index contributed by atoms with van der Waals surface area (Å²) in [5.74, 6) is 1.29. The van der Waals surface area contributed by atoms with Crippen LogP contribution < -0.4 is 4.74 Å². The molecule has 1 aliphatic rings. The molecule has 3 rings (SSSR count). The third-order valence-corrected chi connectivity index (χ3v) is 5.36. The van der Waals surface area contributed by atoms with E-state index in [0.29, 0.717) is 12.4 Å². The van der Waals surface area contributed by atoms with Crippen LogP contribution in [0, 0.1) is 0 Å². The third kappa shape index (κ3) is 3.21. The second-order valence-corrected chi connectivity index (χ2v) is 7.35. The molecule has 2 aromatic rings. The summed E-state index contributed by atoms with van der Waals surface area (Å²) >= 11 is 0. The molecule has 1 fully saturated rings. The van der Waals surface area contributed by atoms with Crippen molar-refractivity contribution >= 4 is 0 Å². The van der Waals surface area contributed by atoms with Gasteiger partial charge < -0.3 is 9.84 Å². The minimum Gasteiger partial charge on any atom is -0.508 e. The fourth-order valence-corrected chi connectivity index (χ4v) is 2.99. The van der Waals surface area contributed by atoms with Gasteiger partial charge in [0.05, 0.1) is 6.61 Å². The summed E-state index contributed by atoms with van der Waals surface area (Å²) in [6.07, 6.45) is 3.26. The van der Waals surface area contributed by atoms with Crippen LogP contribution in [0.4, 0.5) is 0 Å². The van der Waals surface area contributed by atoms with Gasteiger partial charge in [0, 0.05) is 11.0 Å². The Morgan fingerprint density at radius 2 is 1.70 bits per heavy atom. The lowest BCUT2D eigenvalue weighted by Gasteiger charge is -2.23. The smallest absolute Gasteiger partial charge is 0.119 e. The van der Waals surface area contributed by atoms with E-state index < -0.39 is 0 Å². The van der Waals surface area contributed by atoms with Gasteiger partial charge in [0.2, 0.25) is 0 Å². The molecule has 2 nitrogen and oxygen atoms in total. The van der Waals surface area contributed by atoms with Crippen LogP contribution in [0.1, 0.15) is 51.2 Å². The van der Waals surface area contributed by atoms with Gasteiger partial charge in [-0.05, 0) is 48.4 Å². The average molecular weight is 310 g/mol. The summed E-state index contributed by atoms with van der Waals surface area (Å²) in [7, 11) is 0. The zero-order chi connectivity index (χ0) is 16.5. The van der Waals surface area contributed by atoms with Crippen LogP contribution in [0.5, 0.6) is 11.5 Å². The molecule has 0 spiro atoms. The number of phenolic OH excluding ortho intramolecular Hbond substituents is 1. The fourth-order valence-electron chi connectivity index (χ4n) is 2.99. The molecule has 23 heavy (non-hydrogen) atoms. The van der Waals surface area contributed by atoms with E-state index in [2.05, 4.69) is 45.0 Å². The molecule has 0 radical (unpaired) electrons. The van der Waals surface area contributed by atoms with E-state index >= 15 is 0 Å². The Labute approximate surface area is 139 Å². The third-order valence-electron chi connectivity index (χ3n) is 5.36. The summed E-state index contributed by atoms with van der Waals surface area (Å²) in [6.45, 7) is 7.37. The minimum atomic E-state index is -0.00724. The predicted octanol–water partition coefficient (Wildman–Crippen LogP) is 5.19. The highest BCUT2D eigenvalue weighted by atomic mass is 16.5. The molecule has 1 saturated carbocycles. The largest absolute Gasteiger partial charge is 0.508 e. The first kappa shape index (κ1) is 15.9. The molecular formula is C21H26O2. The molecule has 0 atom stereocenters. The first-order valence-electron chi connectivity index (χ1n) is 8.49. The molecular weight excluding hydrogens is 284 g/mol. The number of ether oxygens (including phenoxy) is 1. The molecule has 0 heterocycles. The molecule has 0 aromatic heterocycles. The normalized spacial score (nSPS) is 16.1. The number of rotatable bonds is 6. The molecule has 1 N–H and O–H groups in total. The number of benzene rings is 2. The maximum absolute atomic E-state index is 10.1. The van der Waals surface area contributed by atoms with Gasteiger partial charge in [-0.3, -0.25) is 0 Å². The maximum Gasteiger partial charge on any atom is 0.119 e. The van der Waals surface area contributed by atoms with Gasteiger partial charge in [-0.25, -0.2) is 0 Å². The van der Waals surface area contributed by atoms with E-state index in [1.54, 1.807) is 6.07 Å². The Kier molecular flexibility index (Phi) is 4.09. The van der Waals surface area contributed by atoms with Crippen molar-refractivity contribution in [3.63, 3.8) is 0 Å². The van der Waals surface area contributed by atoms with Crippen molar-refractivity contribution < 1.29 is 9.84 Å². The zero-order valence-corrected chi connectivity index (χ0v) is 14.3. The molecule has 2 aromatic carbocycles. The van der Waals surface area contributed by atoms with Gasteiger partial charge in [-0.15, -0.1) is 0 Å². The molecule has 0 amide bonds. The second-order valence-electron chi connectivity index (χ2n) is 7.35. The zero-order valence-electron chi connectivity index (χ0n) is 14.3. The number of aromatic hydroxyl groups is 1. The Morgan fingerprint density at radius 3 is 2.26 bits per heavy atom. The van der Waals surface area contributed by atoms with Gasteiger partial charge in [0.1, 0.15) is 11.5 Å². The highest BCUT2D eigenvalue weighted by molar-refractivity contribution is 5.42. The minimum absolute atomic E-state index is 0.00724. The molecule has 1 aliphatic carbocycles. The van der Waals surface area contributed by atoms with Crippen molar-refractivity contribution in [2.75, 3.05) is 6.61 Å². The Morgan fingerprint density at radius 1 is 1.04 bits per heavy atom. The van der Waals surface area contributed by atoms with E-state index in [1.165, 1.54) is 5.56 Å². The lowest BCUT2D eigenvalue weighted by Crippen LogP contribution is -2.18. The van der Waals surface area contributed by atoms with Crippen molar-refractivity contribution in [1.29, 1.82) is 0 Å². The maximum atomic E-state index is 10.1. The average Bonchev–Trinajstić information content (AvgIpc) is 3.35. The number of phenols is 1. The van der Waals surface area contributed by atoms with Crippen LogP contribution >= 0.6 is 0 Å². The standard InChI is InChI=1S/C21H26O2/c1-4-20(2,3)16-9-11-17(12-10-16)23-15-21(13-14-21)18-7-5-6-8-19(18)22/h5-12,22H,4,13-15H2,1-3H3. The highest BCUT2D eigenvalue weighted by Crippen LogP contribution is 2.51. The summed E-state index contributed by atoms with van der Waals surface area (Å²) in [5, 5.41) is 10.1. The number of para-hydroxylation sites is 1. The van der Waals surface area contributed by atoms with Crippen LogP contribution in [0.25, 0.3) is 0 Å². The molecule has 122 valence electrons. The van der Waals surface area contributed by atoms with Crippen LogP contribution in [0.2, 0.25) is 0 Å². The summed E-state index contributed by atoms with van der Waals surface area (Å²) in [6, 6.07) is 16.1. The monoisotopic (exact) mass is 310 g/mol. The van der Waals surface area contributed by atoms with Crippen molar-refractivity contribution in [1.82, 2.24) is 0 Å². The van der Waals surface area contributed by atoms with E-state index in [4.69, 9.17) is 4.74 Å². The van der Waals surface area contributed by atoms with Crippen molar-refractivity contribution in [3.05, 3.63) is 59.7 Å². The van der Waals surface area contributed by atoms with Gasteiger partial charge in [-0.2, -0.15) is 0 Å². The number of hydrogen-bond donors (Lipinski definition) is 1. The van der Waals surface area contributed by atoms with Crippen LogP contribution in [-0.4, -0.2) is 11.7 Å². The highest BCUT2D eigenvalue weighted by Gasteiger charge is 2.46. The van der Waals surface area contributed by atoms with E-state index in [0.717, 1.165) is 30.6 Å². The first-order valence-corrected chi connectivity index (χ1v) is 8.49. The Bertz CT molecular complexity index is 666. The van der Waals surface area contributed by atoms with Gasteiger partial charge in [-0.1, -0.05) is 51.1 Å². The van der Waals surface area contributed by atoms with E-state index in [9.17, 15) is 5.11 Å². The van der Waals surface area contributed by atoms with Crippen LogP contribution in [-0.2, 0) is 10.8 Å². The SMILES string of the molecule is CCC(C)(C)c1ccc(OCC2(c3ccccc3O)CC2)cc1. The summed E-state index contributed by atoms with van der Waals surface area (Å²) in [5.41, 5.74) is 2.55. The van der Waals surface area contributed by atoms with E-state index in [1.807, 2.05) is 18.2 Å². The van der Waals surface area contributed by atoms with Gasteiger partial charge in [0.25, 0.3) is 0 Å². The Hall–Kier alpha value is -1.96. The molecule has 2 heteroatoms. The molecule has 0 saturated heterocycles. The predicted molar refractivity (Wildman–Crippen MR) is 94.3 cm³/mol. The van der Waals surface area contributed by atoms with Crippen LogP contribution in [0.3, 0.4) is 0 Å². The van der Waals surface area contributed by atoms with Crippen LogP contribution in [0.15, 0.2) is 48.5 Å². The molecule has 0 unspecified atom stereocenters. The lowest BCUT2D eigenvalue weighted by atomic mass is 9.82. The Balaban J connectivity index is 1.68. The van der Waals surface area contributed by atoms with Crippen molar-refractivity contribution in [2.45, 2.75) is 50.9 Å². The van der Waals surface area contributed by atoms with Crippen molar-refractivity contribution in [2.24, 2.45) is 0 Å². The molecule has 0 aliphatic heterocycles. The van der Waals surface area contributed by atoms with Gasteiger partial charge >= 0.3 is 0 Å². The number of hydrogen-bond acceptors (Lipinski definition) is 2. The fraction of sp³-hybridized carbons (Fsp3) is 0.429. The van der Waals surface area contributed by atoms with E-state index in [-0.39, 0.29) is 10.8 Å². The van der Waals surface area contributed by atoms with Crippen molar-refractivity contribution in [3.8, 4) is 11.5 Å².